The van der Waals surface area contributed by atoms with Gasteiger partial charge in [0.15, 0.2) is 0 Å². The van der Waals surface area contributed by atoms with Gasteiger partial charge in [-0.15, -0.1) is 0 Å². The van der Waals surface area contributed by atoms with E-state index in [1.165, 1.54) is 12.8 Å². The van der Waals surface area contributed by atoms with Gasteiger partial charge in [0.2, 0.25) is 0 Å². The van der Waals surface area contributed by atoms with Crippen LogP contribution in [0.2, 0.25) is 0 Å². The van der Waals surface area contributed by atoms with E-state index in [4.69, 9.17) is 4.74 Å². The second-order valence-electron chi connectivity index (χ2n) is 5.29. The number of carbonyl (C=O) groups excluding carboxylic acids is 1. The molecule has 100 valence electrons. The summed E-state index contributed by atoms with van der Waals surface area (Å²) in [5, 5.41) is 3.27. The van der Waals surface area contributed by atoms with E-state index in [2.05, 4.69) is 17.3 Å². The lowest BCUT2D eigenvalue weighted by molar-refractivity contribution is -0.146. The van der Waals surface area contributed by atoms with E-state index in [9.17, 15) is 4.79 Å². The minimum atomic E-state index is -0.210. The topological polar surface area (TPSA) is 41.6 Å². The summed E-state index contributed by atoms with van der Waals surface area (Å²) in [5.74, 6) is 0.714. The Kier molecular flexibility index (Phi) is 5.92. The first-order valence-corrected chi connectivity index (χ1v) is 6.64. The predicted molar refractivity (Wildman–Crippen MR) is 68.9 cm³/mol. The monoisotopic (exact) mass is 242 g/mol. The second kappa shape index (κ2) is 6.97. The van der Waals surface area contributed by atoms with E-state index in [-0.39, 0.29) is 12.0 Å². The molecule has 1 atom stereocenters. The zero-order chi connectivity index (χ0) is 12.8. The number of hydrogen-bond acceptors (Lipinski definition) is 4. The van der Waals surface area contributed by atoms with Crippen LogP contribution < -0.4 is 5.32 Å². The van der Waals surface area contributed by atoms with Gasteiger partial charge in [-0.1, -0.05) is 13.8 Å². The van der Waals surface area contributed by atoms with Crippen molar-refractivity contribution in [1.82, 2.24) is 10.2 Å². The van der Waals surface area contributed by atoms with Gasteiger partial charge in [0.25, 0.3) is 0 Å². The average Bonchev–Trinajstić information content (AvgIpc) is 3.00. The van der Waals surface area contributed by atoms with Gasteiger partial charge in [-0.2, -0.15) is 0 Å². The normalized spacial score (nSPS) is 17.5. The molecule has 0 heterocycles. The van der Waals surface area contributed by atoms with E-state index < -0.39 is 0 Å². The van der Waals surface area contributed by atoms with Crippen LogP contribution in [-0.4, -0.2) is 49.7 Å². The van der Waals surface area contributed by atoms with Crippen molar-refractivity contribution in [2.75, 3.05) is 26.7 Å². The van der Waals surface area contributed by atoms with Crippen molar-refractivity contribution in [1.29, 1.82) is 0 Å². The summed E-state index contributed by atoms with van der Waals surface area (Å²) in [6.07, 6.45) is 2.68. The molecule has 0 radical (unpaired) electrons. The number of nitrogens with one attached hydrogen (secondary N) is 1. The molecule has 0 aromatic heterocycles. The first-order valence-electron chi connectivity index (χ1n) is 6.64. The fraction of sp³-hybridized carbons (Fsp3) is 0.923. The third-order valence-corrected chi connectivity index (χ3v) is 2.87. The first-order chi connectivity index (χ1) is 8.02. The maximum absolute atomic E-state index is 11.8. The molecule has 1 N–H and O–H groups in total. The summed E-state index contributed by atoms with van der Waals surface area (Å²) in [6.45, 7) is 8.21. The average molecular weight is 242 g/mol. The highest BCUT2D eigenvalue weighted by Crippen LogP contribution is 2.29. The third-order valence-electron chi connectivity index (χ3n) is 2.87. The van der Waals surface area contributed by atoms with Gasteiger partial charge in [-0.05, 0) is 32.7 Å². The lowest BCUT2D eigenvalue weighted by Crippen LogP contribution is -2.48. The van der Waals surface area contributed by atoms with Crippen molar-refractivity contribution in [3.8, 4) is 0 Å². The van der Waals surface area contributed by atoms with Crippen LogP contribution in [-0.2, 0) is 9.53 Å². The van der Waals surface area contributed by atoms with Crippen LogP contribution in [0.25, 0.3) is 0 Å². The van der Waals surface area contributed by atoms with E-state index in [1.54, 1.807) is 0 Å². The number of carbonyl (C=O) groups is 1. The Balaban J connectivity index is 2.39. The molecule has 0 amide bonds. The summed E-state index contributed by atoms with van der Waals surface area (Å²) in [4.78, 5) is 14.0. The van der Waals surface area contributed by atoms with Crippen molar-refractivity contribution < 1.29 is 9.53 Å². The van der Waals surface area contributed by atoms with Crippen molar-refractivity contribution >= 4 is 5.97 Å². The molecule has 4 heteroatoms. The molecule has 1 unspecified atom stereocenters. The predicted octanol–water partition coefficient (Wildman–Crippen LogP) is 1.26. The maximum Gasteiger partial charge on any atom is 0.324 e. The molecule has 0 saturated heterocycles. The lowest BCUT2D eigenvalue weighted by Gasteiger charge is -2.25. The van der Waals surface area contributed by atoms with Crippen LogP contribution in [0.15, 0.2) is 0 Å². The minimum absolute atomic E-state index is 0.135. The van der Waals surface area contributed by atoms with Crippen molar-refractivity contribution in [2.24, 2.45) is 5.92 Å². The third kappa shape index (κ3) is 6.03. The lowest BCUT2D eigenvalue weighted by atomic mass is 10.2. The molecule has 4 nitrogen and oxygen atoms in total. The van der Waals surface area contributed by atoms with Gasteiger partial charge in [0.05, 0.1) is 6.61 Å². The molecule has 1 saturated carbocycles. The maximum atomic E-state index is 11.8. The van der Waals surface area contributed by atoms with E-state index in [0.717, 1.165) is 19.0 Å². The Morgan fingerprint density at radius 3 is 2.59 bits per heavy atom. The highest BCUT2D eigenvalue weighted by Gasteiger charge is 2.26. The van der Waals surface area contributed by atoms with Crippen LogP contribution in [0.5, 0.6) is 0 Å². The molecule has 0 aliphatic heterocycles. The van der Waals surface area contributed by atoms with Crippen molar-refractivity contribution in [3.05, 3.63) is 0 Å². The molecule has 1 aliphatic carbocycles. The minimum Gasteiger partial charge on any atom is -0.465 e. The van der Waals surface area contributed by atoms with Gasteiger partial charge in [-0.3, -0.25) is 4.79 Å². The molecule has 1 aliphatic rings. The van der Waals surface area contributed by atoms with Gasteiger partial charge in [0, 0.05) is 19.1 Å². The molecule has 0 aromatic carbocycles. The molecule has 1 rings (SSSR count). The van der Waals surface area contributed by atoms with Crippen molar-refractivity contribution in [3.63, 3.8) is 0 Å². The van der Waals surface area contributed by atoms with Crippen LogP contribution in [0.4, 0.5) is 0 Å². The number of likely N-dealkylation sites (N-methyl/N-ethyl adjacent to an activating group) is 1. The van der Waals surface area contributed by atoms with Gasteiger partial charge < -0.3 is 15.0 Å². The summed E-state index contributed by atoms with van der Waals surface area (Å²) < 4.78 is 5.10. The number of rotatable bonds is 8. The molecule has 0 aromatic rings. The summed E-state index contributed by atoms with van der Waals surface area (Å²) in [7, 11) is 2.08. The number of ether oxygens (including phenoxy) is 1. The zero-order valence-corrected chi connectivity index (χ0v) is 11.5. The van der Waals surface area contributed by atoms with Crippen LogP contribution in [0.1, 0.15) is 33.6 Å². The Hall–Kier alpha value is -0.610. The Labute approximate surface area is 105 Å². The Morgan fingerprint density at radius 1 is 1.47 bits per heavy atom. The molecule has 0 spiro atoms. The van der Waals surface area contributed by atoms with E-state index in [0.29, 0.717) is 12.6 Å². The quantitative estimate of drug-likeness (QED) is 0.651. The largest absolute Gasteiger partial charge is 0.465 e. The second-order valence-corrected chi connectivity index (χ2v) is 5.29. The van der Waals surface area contributed by atoms with Crippen LogP contribution in [0, 0.1) is 5.92 Å². The van der Waals surface area contributed by atoms with Gasteiger partial charge in [0.1, 0.15) is 6.04 Å². The highest BCUT2D eigenvalue weighted by atomic mass is 16.5. The number of nitrogens with zero attached hydrogens (tertiary/aromatic N) is 1. The SMILES string of the molecule is CCOC(=O)C(CN(C)CC1CC1)NC(C)C. The fourth-order valence-electron chi connectivity index (χ4n) is 1.97. The summed E-state index contributed by atoms with van der Waals surface area (Å²) in [6, 6.07) is 0.0810. The first kappa shape index (κ1) is 14.5. The Morgan fingerprint density at radius 2 is 2.12 bits per heavy atom. The van der Waals surface area contributed by atoms with Crippen molar-refractivity contribution in [2.45, 2.75) is 45.7 Å². The Bertz CT molecular complexity index is 240. The van der Waals surface area contributed by atoms with Gasteiger partial charge >= 0.3 is 5.97 Å². The van der Waals surface area contributed by atoms with Gasteiger partial charge in [-0.25, -0.2) is 0 Å². The fourth-order valence-corrected chi connectivity index (χ4v) is 1.97. The number of esters is 1. The molecule has 0 bridgehead atoms. The molecular weight excluding hydrogens is 216 g/mol. The molecule has 17 heavy (non-hydrogen) atoms. The summed E-state index contributed by atoms with van der Waals surface area (Å²) >= 11 is 0. The zero-order valence-electron chi connectivity index (χ0n) is 11.5. The smallest absolute Gasteiger partial charge is 0.324 e. The van der Waals surface area contributed by atoms with E-state index in [1.807, 2.05) is 20.8 Å². The van der Waals surface area contributed by atoms with Crippen LogP contribution in [0.3, 0.4) is 0 Å². The standard InChI is InChI=1S/C13H26N2O2/c1-5-17-13(16)12(14-10(2)3)9-15(4)8-11-6-7-11/h10-12,14H,5-9H2,1-4H3. The number of hydrogen-bond donors (Lipinski definition) is 1. The molecular formula is C13H26N2O2. The molecule has 1 fully saturated rings. The summed E-state index contributed by atoms with van der Waals surface area (Å²) in [5.41, 5.74) is 0. The van der Waals surface area contributed by atoms with E-state index >= 15 is 0 Å². The highest BCUT2D eigenvalue weighted by molar-refractivity contribution is 5.76. The van der Waals surface area contributed by atoms with Crippen LogP contribution >= 0.6 is 0 Å².